The molecule has 1 heterocycles. The maximum absolute atomic E-state index is 12.6. The van der Waals surface area contributed by atoms with Crippen molar-refractivity contribution < 1.29 is 4.79 Å². The largest absolute Gasteiger partial charge is 0.336 e. The first-order valence-electron chi connectivity index (χ1n) is 7.92. The second-order valence-electron chi connectivity index (χ2n) is 5.89. The molecule has 1 amide bonds. The summed E-state index contributed by atoms with van der Waals surface area (Å²) < 4.78 is 0. The smallest absolute Gasteiger partial charge is 0.253 e. The summed E-state index contributed by atoms with van der Waals surface area (Å²) >= 11 is 5.91. The van der Waals surface area contributed by atoms with Gasteiger partial charge in [-0.15, -0.1) is 0 Å². The summed E-state index contributed by atoms with van der Waals surface area (Å²) in [7, 11) is 0. The van der Waals surface area contributed by atoms with E-state index >= 15 is 0 Å². The van der Waals surface area contributed by atoms with Gasteiger partial charge in [-0.25, -0.2) is 0 Å². The molecule has 2 aromatic rings. The van der Waals surface area contributed by atoms with E-state index < -0.39 is 0 Å². The highest BCUT2D eigenvalue weighted by molar-refractivity contribution is 6.30. The average molecular weight is 340 g/mol. The lowest BCUT2D eigenvalue weighted by Crippen LogP contribution is -2.48. The van der Waals surface area contributed by atoms with Crippen LogP contribution in [0.1, 0.15) is 21.5 Å². The molecule has 0 radical (unpaired) electrons. The van der Waals surface area contributed by atoms with Crippen LogP contribution in [-0.2, 0) is 6.54 Å². The summed E-state index contributed by atoms with van der Waals surface area (Å²) in [6, 6.07) is 16.8. The Morgan fingerprint density at radius 1 is 1.08 bits per heavy atom. The van der Waals surface area contributed by atoms with Gasteiger partial charge in [-0.2, -0.15) is 5.26 Å². The SMILES string of the molecule is N#Cc1cccc(C(=O)N2CCN(Cc3ccc(Cl)cc3)CC2)c1. The summed E-state index contributed by atoms with van der Waals surface area (Å²) in [5.74, 6) is -0.00163. The molecule has 0 atom stereocenters. The number of benzene rings is 2. The Hall–Kier alpha value is -2.35. The molecule has 4 nitrogen and oxygen atoms in total. The Balaban J connectivity index is 1.57. The molecule has 1 aliphatic heterocycles. The molecule has 5 heteroatoms. The maximum atomic E-state index is 12.6. The zero-order valence-corrected chi connectivity index (χ0v) is 14.0. The average Bonchev–Trinajstić information content (AvgIpc) is 2.64. The van der Waals surface area contributed by atoms with Gasteiger partial charge in [-0.05, 0) is 35.9 Å². The summed E-state index contributed by atoms with van der Waals surface area (Å²) in [6.07, 6.45) is 0. The van der Waals surface area contributed by atoms with Crippen molar-refractivity contribution in [2.24, 2.45) is 0 Å². The number of carbonyl (C=O) groups is 1. The quantitative estimate of drug-likeness (QED) is 0.863. The van der Waals surface area contributed by atoms with Gasteiger partial charge >= 0.3 is 0 Å². The van der Waals surface area contributed by atoms with Crippen molar-refractivity contribution in [3.05, 3.63) is 70.2 Å². The van der Waals surface area contributed by atoms with E-state index in [2.05, 4.69) is 11.0 Å². The normalized spacial score (nSPS) is 15.1. The van der Waals surface area contributed by atoms with Crippen LogP contribution in [0.5, 0.6) is 0 Å². The second kappa shape index (κ2) is 7.48. The van der Waals surface area contributed by atoms with Crippen LogP contribution < -0.4 is 0 Å². The molecule has 24 heavy (non-hydrogen) atoms. The predicted molar refractivity (Wildman–Crippen MR) is 93.8 cm³/mol. The lowest BCUT2D eigenvalue weighted by Gasteiger charge is -2.34. The topological polar surface area (TPSA) is 47.3 Å². The van der Waals surface area contributed by atoms with Gasteiger partial charge in [0.25, 0.3) is 5.91 Å². The Morgan fingerprint density at radius 3 is 2.46 bits per heavy atom. The van der Waals surface area contributed by atoms with Crippen molar-refractivity contribution in [1.29, 1.82) is 5.26 Å². The summed E-state index contributed by atoms with van der Waals surface area (Å²) in [6.45, 7) is 3.94. The van der Waals surface area contributed by atoms with Crippen molar-refractivity contribution in [2.75, 3.05) is 26.2 Å². The monoisotopic (exact) mass is 339 g/mol. The molecule has 0 unspecified atom stereocenters. The lowest BCUT2D eigenvalue weighted by molar-refractivity contribution is 0.0628. The molecule has 0 spiro atoms. The molecule has 0 saturated carbocycles. The third-order valence-corrected chi connectivity index (χ3v) is 4.47. The third-order valence-electron chi connectivity index (χ3n) is 4.22. The zero-order valence-electron chi connectivity index (χ0n) is 13.3. The summed E-state index contributed by atoms with van der Waals surface area (Å²) in [4.78, 5) is 16.7. The molecule has 3 rings (SSSR count). The second-order valence-corrected chi connectivity index (χ2v) is 6.32. The van der Waals surface area contributed by atoms with Crippen LogP contribution in [0.3, 0.4) is 0 Å². The van der Waals surface area contributed by atoms with Crippen LogP contribution in [0, 0.1) is 11.3 Å². The van der Waals surface area contributed by atoms with Gasteiger partial charge in [-0.1, -0.05) is 29.8 Å². The Kier molecular flexibility index (Phi) is 5.14. The summed E-state index contributed by atoms with van der Waals surface area (Å²) in [5.41, 5.74) is 2.32. The van der Waals surface area contributed by atoms with Crippen LogP contribution in [0.25, 0.3) is 0 Å². The lowest BCUT2D eigenvalue weighted by atomic mass is 10.1. The van der Waals surface area contributed by atoms with Gasteiger partial charge in [0.1, 0.15) is 0 Å². The number of piperazine rings is 1. The molecule has 2 aromatic carbocycles. The van der Waals surface area contributed by atoms with Crippen LogP contribution in [0.4, 0.5) is 0 Å². The highest BCUT2D eigenvalue weighted by Gasteiger charge is 2.22. The van der Waals surface area contributed by atoms with Crippen LogP contribution in [0.15, 0.2) is 48.5 Å². The first kappa shape index (κ1) is 16.5. The van der Waals surface area contributed by atoms with Crippen molar-refractivity contribution >= 4 is 17.5 Å². The van der Waals surface area contributed by atoms with Crippen molar-refractivity contribution in [2.45, 2.75) is 6.54 Å². The number of nitriles is 1. The van der Waals surface area contributed by atoms with Gasteiger partial charge < -0.3 is 4.90 Å². The molecular formula is C19H18ClN3O. The van der Waals surface area contributed by atoms with E-state index in [1.165, 1.54) is 5.56 Å². The van der Waals surface area contributed by atoms with Crippen molar-refractivity contribution in [3.63, 3.8) is 0 Å². The molecule has 122 valence electrons. The Morgan fingerprint density at radius 2 is 1.79 bits per heavy atom. The van der Waals surface area contributed by atoms with Crippen molar-refractivity contribution in [1.82, 2.24) is 9.80 Å². The molecule has 0 bridgehead atoms. The minimum absolute atomic E-state index is 0.00163. The van der Waals surface area contributed by atoms with Gasteiger partial charge in [0.15, 0.2) is 0 Å². The maximum Gasteiger partial charge on any atom is 0.253 e. The molecular weight excluding hydrogens is 322 g/mol. The third kappa shape index (κ3) is 3.94. The van der Waals surface area contributed by atoms with E-state index in [-0.39, 0.29) is 5.91 Å². The molecule has 1 fully saturated rings. The Bertz CT molecular complexity index is 759. The number of amides is 1. The highest BCUT2D eigenvalue weighted by Crippen LogP contribution is 2.14. The highest BCUT2D eigenvalue weighted by atomic mass is 35.5. The first-order valence-corrected chi connectivity index (χ1v) is 8.30. The van der Waals surface area contributed by atoms with Gasteiger partial charge in [0.2, 0.25) is 0 Å². The minimum Gasteiger partial charge on any atom is -0.336 e. The molecule has 0 aromatic heterocycles. The fourth-order valence-corrected chi connectivity index (χ4v) is 2.99. The fourth-order valence-electron chi connectivity index (χ4n) is 2.86. The Labute approximate surface area is 146 Å². The van der Waals surface area contributed by atoms with Crippen LogP contribution in [-0.4, -0.2) is 41.9 Å². The number of carbonyl (C=O) groups excluding carboxylic acids is 1. The molecule has 0 aliphatic carbocycles. The van der Waals surface area contributed by atoms with E-state index in [9.17, 15) is 4.79 Å². The first-order chi connectivity index (χ1) is 11.7. The van der Waals surface area contributed by atoms with Gasteiger partial charge in [0.05, 0.1) is 11.6 Å². The molecule has 0 N–H and O–H groups in total. The predicted octanol–water partition coefficient (Wildman–Crippen LogP) is 3.17. The van der Waals surface area contributed by atoms with Crippen LogP contribution >= 0.6 is 11.6 Å². The van der Waals surface area contributed by atoms with Gasteiger partial charge in [-0.3, -0.25) is 9.69 Å². The van der Waals surface area contributed by atoms with Crippen molar-refractivity contribution in [3.8, 4) is 6.07 Å². The minimum atomic E-state index is -0.00163. The van der Waals surface area contributed by atoms with E-state index in [0.717, 1.165) is 24.7 Å². The number of rotatable bonds is 3. The van der Waals surface area contributed by atoms with Gasteiger partial charge in [0, 0.05) is 43.3 Å². The number of halogens is 1. The van der Waals surface area contributed by atoms with Crippen LogP contribution in [0.2, 0.25) is 5.02 Å². The van der Waals surface area contributed by atoms with E-state index in [1.807, 2.05) is 29.2 Å². The summed E-state index contributed by atoms with van der Waals surface area (Å²) in [5, 5.41) is 9.70. The molecule has 1 saturated heterocycles. The fraction of sp³-hybridized carbons (Fsp3) is 0.263. The standard InChI is InChI=1S/C19H18ClN3O/c20-18-6-4-15(5-7-18)14-22-8-10-23(11-9-22)19(24)17-3-1-2-16(12-17)13-21/h1-7,12H,8-11,14H2. The van der Waals surface area contributed by atoms with E-state index in [0.29, 0.717) is 24.2 Å². The number of nitrogens with zero attached hydrogens (tertiary/aromatic N) is 3. The number of hydrogen-bond donors (Lipinski definition) is 0. The van der Waals surface area contributed by atoms with E-state index in [4.69, 9.17) is 16.9 Å². The number of hydrogen-bond acceptors (Lipinski definition) is 3. The molecule has 1 aliphatic rings. The zero-order chi connectivity index (χ0) is 16.9. The van der Waals surface area contributed by atoms with E-state index in [1.54, 1.807) is 24.3 Å².